The van der Waals surface area contributed by atoms with Crippen LogP contribution < -0.4 is 4.74 Å². The number of ether oxygens (including phenoxy) is 3. The van der Waals surface area contributed by atoms with E-state index in [-0.39, 0.29) is 29.4 Å². The lowest BCUT2D eigenvalue weighted by atomic mass is 10.1. The molecule has 0 saturated carbocycles. The summed E-state index contributed by atoms with van der Waals surface area (Å²) in [7, 11) is 2.56. The van der Waals surface area contributed by atoms with Gasteiger partial charge in [-0.3, -0.25) is 0 Å². The standard InChI is InChI=1S/C20H20O8/c1-26-17-10-12(3-7-15(17)22)5-8-19(24)28-18(20(25)27-2)11-13-4-6-14(21)16(23)9-13/h3-10,18,21-23H,11H2,1-2H3/b8-5+. The molecular weight excluding hydrogens is 368 g/mol. The van der Waals surface area contributed by atoms with E-state index in [1.165, 1.54) is 43.5 Å². The van der Waals surface area contributed by atoms with Crippen LogP contribution in [0.25, 0.3) is 6.08 Å². The van der Waals surface area contributed by atoms with Crippen LogP contribution in [0.5, 0.6) is 23.0 Å². The molecule has 0 saturated heterocycles. The molecule has 0 bridgehead atoms. The van der Waals surface area contributed by atoms with Crippen LogP contribution in [-0.2, 0) is 25.5 Å². The summed E-state index contributed by atoms with van der Waals surface area (Å²) in [5.41, 5.74) is 1.04. The number of methoxy groups -OCH3 is 2. The molecule has 148 valence electrons. The number of carbonyl (C=O) groups is 2. The van der Waals surface area contributed by atoms with Gasteiger partial charge in [-0.05, 0) is 41.5 Å². The predicted octanol–water partition coefficient (Wildman–Crippen LogP) is 2.15. The average molecular weight is 388 g/mol. The molecular formula is C20H20O8. The maximum Gasteiger partial charge on any atom is 0.347 e. The monoisotopic (exact) mass is 388 g/mol. The van der Waals surface area contributed by atoms with Crippen LogP contribution in [-0.4, -0.2) is 47.6 Å². The summed E-state index contributed by atoms with van der Waals surface area (Å²) in [5.74, 6) is -2.00. The number of aromatic hydroxyl groups is 3. The van der Waals surface area contributed by atoms with E-state index >= 15 is 0 Å². The van der Waals surface area contributed by atoms with Crippen LogP contribution in [0, 0.1) is 0 Å². The van der Waals surface area contributed by atoms with Gasteiger partial charge in [-0.25, -0.2) is 9.59 Å². The van der Waals surface area contributed by atoms with Gasteiger partial charge in [0.1, 0.15) is 0 Å². The van der Waals surface area contributed by atoms with Gasteiger partial charge in [-0.15, -0.1) is 0 Å². The van der Waals surface area contributed by atoms with Crippen molar-refractivity contribution in [2.45, 2.75) is 12.5 Å². The van der Waals surface area contributed by atoms with E-state index in [2.05, 4.69) is 4.74 Å². The highest BCUT2D eigenvalue weighted by Gasteiger charge is 2.24. The molecule has 1 atom stereocenters. The van der Waals surface area contributed by atoms with Gasteiger partial charge in [0.2, 0.25) is 6.10 Å². The Balaban J connectivity index is 2.09. The molecule has 8 nitrogen and oxygen atoms in total. The molecule has 0 spiro atoms. The zero-order valence-electron chi connectivity index (χ0n) is 15.3. The summed E-state index contributed by atoms with van der Waals surface area (Å²) in [6.07, 6.45) is 1.27. The van der Waals surface area contributed by atoms with Crippen molar-refractivity contribution in [3.8, 4) is 23.0 Å². The zero-order valence-corrected chi connectivity index (χ0v) is 15.3. The third kappa shape index (κ3) is 5.41. The number of hydrogen-bond donors (Lipinski definition) is 3. The summed E-state index contributed by atoms with van der Waals surface area (Å²) >= 11 is 0. The first-order valence-electron chi connectivity index (χ1n) is 8.18. The van der Waals surface area contributed by atoms with Gasteiger partial charge < -0.3 is 29.5 Å². The fourth-order valence-electron chi connectivity index (χ4n) is 2.36. The van der Waals surface area contributed by atoms with Crippen LogP contribution in [0.15, 0.2) is 42.5 Å². The highest BCUT2D eigenvalue weighted by atomic mass is 16.6. The molecule has 3 N–H and O–H groups in total. The Labute approximate surface area is 161 Å². The molecule has 2 rings (SSSR count). The molecule has 2 aromatic rings. The Morgan fingerprint density at radius 3 is 2.36 bits per heavy atom. The Kier molecular flexibility index (Phi) is 6.86. The second-order valence-corrected chi connectivity index (χ2v) is 5.74. The van der Waals surface area contributed by atoms with Gasteiger partial charge >= 0.3 is 11.9 Å². The SMILES string of the molecule is COC(=O)C(Cc1ccc(O)c(O)c1)OC(=O)/C=C/c1ccc(O)c(OC)c1. The highest BCUT2D eigenvalue weighted by molar-refractivity contribution is 5.89. The van der Waals surface area contributed by atoms with Crippen LogP contribution in [0.2, 0.25) is 0 Å². The molecule has 0 fully saturated rings. The van der Waals surface area contributed by atoms with Gasteiger partial charge in [0.05, 0.1) is 14.2 Å². The second kappa shape index (κ2) is 9.31. The third-order valence-electron chi connectivity index (χ3n) is 3.80. The molecule has 0 aliphatic carbocycles. The van der Waals surface area contributed by atoms with Crippen molar-refractivity contribution in [1.29, 1.82) is 0 Å². The Bertz CT molecular complexity index is 888. The summed E-state index contributed by atoms with van der Waals surface area (Å²) < 4.78 is 14.8. The summed E-state index contributed by atoms with van der Waals surface area (Å²) in [5, 5.41) is 28.5. The van der Waals surface area contributed by atoms with Crippen LogP contribution in [0.3, 0.4) is 0 Å². The zero-order chi connectivity index (χ0) is 20.7. The van der Waals surface area contributed by atoms with Crippen molar-refractivity contribution in [3.63, 3.8) is 0 Å². The molecule has 8 heteroatoms. The average Bonchev–Trinajstić information content (AvgIpc) is 2.69. The minimum Gasteiger partial charge on any atom is -0.504 e. The van der Waals surface area contributed by atoms with E-state index in [4.69, 9.17) is 9.47 Å². The molecule has 28 heavy (non-hydrogen) atoms. The van der Waals surface area contributed by atoms with Gasteiger partial charge in [0.15, 0.2) is 23.0 Å². The van der Waals surface area contributed by atoms with Gasteiger partial charge in [-0.2, -0.15) is 0 Å². The summed E-state index contributed by atoms with van der Waals surface area (Å²) in [4.78, 5) is 24.0. The van der Waals surface area contributed by atoms with Crippen LogP contribution >= 0.6 is 0 Å². The lowest BCUT2D eigenvalue weighted by Crippen LogP contribution is -2.30. The first kappa shape index (κ1) is 20.6. The topological polar surface area (TPSA) is 123 Å². The Morgan fingerprint density at radius 2 is 1.71 bits per heavy atom. The first-order valence-corrected chi connectivity index (χ1v) is 8.18. The van der Waals surface area contributed by atoms with E-state index in [1.807, 2.05) is 0 Å². The van der Waals surface area contributed by atoms with Crippen molar-refractivity contribution in [2.75, 3.05) is 14.2 Å². The van der Waals surface area contributed by atoms with E-state index in [0.717, 1.165) is 13.2 Å². The molecule has 0 amide bonds. The number of phenols is 3. The summed E-state index contributed by atoms with van der Waals surface area (Å²) in [6.45, 7) is 0. The smallest absolute Gasteiger partial charge is 0.347 e. The summed E-state index contributed by atoms with van der Waals surface area (Å²) in [6, 6.07) is 8.52. The molecule has 2 aromatic carbocycles. The highest BCUT2D eigenvalue weighted by Crippen LogP contribution is 2.27. The van der Waals surface area contributed by atoms with Crippen molar-refractivity contribution in [3.05, 3.63) is 53.6 Å². The maximum absolute atomic E-state index is 12.1. The lowest BCUT2D eigenvalue weighted by molar-refractivity contribution is -0.162. The van der Waals surface area contributed by atoms with Crippen LogP contribution in [0.1, 0.15) is 11.1 Å². The predicted molar refractivity (Wildman–Crippen MR) is 99.1 cm³/mol. The first-order chi connectivity index (χ1) is 13.3. The third-order valence-corrected chi connectivity index (χ3v) is 3.80. The number of phenolic OH excluding ortho intramolecular Hbond substituents is 3. The van der Waals surface area contributed by atoms with E-state index in [0.29, 0.717) is 11.1 Å². The van der Waals surface area contributed by atoms with E-state index in [1.54, 1.807) is 6.07 Å². The van der Waals surface area contributed by atoms with Gasteiger partial charge in [0, 0.05) is 12.5 Å². The number of rotatable bonds is 7. The molecule has 1 unspecified atom stereocenters. The molecule has 0 aromatic heterocycles. The number of esters is 2. The quantitative estimate of drug-likeness (QED) is 0.375. The maximum atomic E-state index is 12.1. The normalized spacial score (nSPS) is 11.8. The fraction of sp³-hybridized carbons (Fsp3) is 0.200. The fourth-order valence-corrected chi connectivity index (χ4v) is 2.36. The largest absolute Gasteiger partial charge is 0.504 e. The van der Waals surface area contributed by atoms with Crippen LogP contribution in [0.4, 0.5) is 0 Å². The Morgan fingerprint density at radius 1 is 1.00 bits per heavy atom. The molecule has 0 aliphatic heterocycles. The lowest BCUT2D eigenvalue weighted by Gasteiger charge is -2.15. The van der Waals surface area contributed by atoms with Gasteiger partial charge in [-0.1, -0.05) is 12.1 Å². The van der Waals surface area contributed by atoms with Gasteiger partial charge in [0.25, 0.3) is 0 Å². The van der Waals surface area contributed by atoms with Crippen molar-refractivity contribution in [2.24, 2.45) is 0 Å². The van der Waals surface area contributed by atoms with Crippen molar-refractivity contribution < 1.29 is 39.1 Å². The van der Waals surface area contributed by atoms with Crippen molar-refractivity contribution in [1.82, 2.24) is 0 Å². The van der Waals surface area contributed by atoms with Crippen molar-refractivity contribution >= 4 is 18.0 Å². The number of hydrogen-bond acceptors (Lipinski definition) is 8. The second-order valence-electron chi connectivity index (χ2n) is 5.74. The van der Waals surface area contributed by atoms with E-state index < -0.39 is 18.0 Å². The minimum atomic E-state index is -1.24. The molecule has 0 heterocycles. The van der Waals surface area contributed by atoms with E-state index in [9.17, 15) is 24.9 Å². The molecule has 0 radical (unpaired) electrons. The Hall–Kier alpha value is -3.68. The number of benzene rings is 2. The molecule has 0 aliphatic rings. The minimum absolute atomic E-state index is 0.0369. The number of carbonyl (C=O) groups excluding carboxylic acids is 2.